The monoisotopic (exact) mass is 260 g/mol. The van der Waals surface area contributed by atoms with Gasteiger partial charge in [-0.2, -0.15) is 0 Å². The van der Waals surface area contributed by atoms with Crippen LogP contribution in [0.4, 0.5) is 11.6 Å². The molecule has 0 spiro atoms. The van der Waals surface area contributed by atoms with E-state index >= 15 is 0 Å². The van der Waals surface area contributed by atoms with Crippen molar-refractivity contribution < 1.29 is 4.42 Å². The molecule has 0 aromatic carbocycles. The van der Waals surface area contributed by atoms with Crippen LogP contribution in [-0.2, 0) is 6.42 Å². The van der Waals surface area contributed by atoms with E-state index in [2.05, 4.69) is 34.4 Å². The number of aromatic nitrogens is 2. The minimum atomic E-state index is 0.0682. The van der Waals surface area contributed by atoms with E-state index in [4.69, 9.17) is 4.42 Å². The lowest BCUT2D eigenvalue weighted by atomic mass is 10.2. The Morgan fingerprint density at radius 3 is 2.58 bits per heavy atom. The summed E-state index contributed by atoms with van der Waals surface area (Å²) < 4.78 is 5.63. The molecule has 0 fully saturated rings. The molecule has 2 aromatic heterocycles. The molecule has 0 aliphatic rings. The van der Waals surface area contributed by atoms with E-state index in [0.29, 0.717) is 0 Å². The van der Waals surface area contributed by atoms with Gasteiger partial charge in [0.1, 0.15) is 29.5 Å². The molecule has 0 saturated heterocycles. The van der Waals surface area contributed by atoms with Crippen molar-refractivity contribution in [2.45, 2.75) is 33.2 Å². The average molecular weight is 260 g/mol. The van der Waals surface area contributed by atoms with Crippen LogP contribution in [0.1, 0.15) is 37.0 Å². The summed E-state index contributed by atoms with van der Waals surface area (Å²) in [6, 6.07) is 4.02. The molecule has 1 unspecified atom stereocenters. The molecule has 0 aliphatic heterocycles. The van der Waals surface area contributed by atoms with Crippen LogP contribution in [0.25, 0.3) is 0 Å². The lowest BCUT2D eigenvalue weighted by Crippen LogP contribution is -2.11. The van der Waals surface area contributed by atoms with Crippen LogP contribution in [0.2, 0.25) is 0 Å². The molecule has 2 rings (SSSR count). The van der Waals surface area contributed by atoms with E-state index in [1.165, 1.54) is 0 Å². The Balaban J connectivity index is 2.23. The van der Waals surface area contributed by atoms with Gasteiger partial charge in [0.15, 0.2) is 0 Å². The van der Waals surface area contributed by atoms with Gasteiger partial charge in [0.05, 0.1) is 6.04 Å². The first-order chi connectivity index (χ1) is 9.15. The highest BCUT2D eigenvalue weighted by atomic mass is 16.3. The first-order valence-electron chi connectivity index (χ1n) is 6.50. The molecule has 5 nitrogen and oxygen atoms in total. The SMILES string of the molecule is CCc1c(NC)ncnc1NC(C)c1ccc(C)o1. The van der Waals surface area contributed by atoms with Crippen LogP contribution >= 0.6 is 0 Å². The lowest BCUT2D eigenvalue weighted by Gasteiger charge is -2.16. The Morgan fingerprint density at radius 1 is 1.26 bits per heavy atom. The summed E-state index contributed by atoms with van der Waals surface area (Å²) in [7, 11) is 1.87. The number of furan rings is 1. The van der Waals surface area contributed by atoms with Gasteiger partial charge in [0, 0.05) is 12.6 Å². The number of hydrogen-bond acceptors (Lipinski definition) is 5. The third-order valence-electron chi connectivity index (χ3n) is 3.08. The molecule has 2 aromatic rings. The Hall–Kier alpha value is -2.04. The van der Waals surface area contributed by atoms with Crippen molar-refractivity contribution in [1.29, 1.82) is 0 Å². The second-order valence-electron chi connectivity index (χ2n) is 4.47. The zero-order chi connectivity index (χ0) is 13.8. The highest BCUT2D eigenvalue weighted by molar-refractivity contribution is 5.57. The van der Waals surface area contributed by atoms with Crippen LogP contribution in [0.15, 0.2) is 22.9 Å². The summed E-state index contributed by atoms with van der Waals surface area (Å²) >= 11 is 0. The number of hydrogen-bond donors (Lipinski definition) is 2. The van der Waals surface area contributed by atoms with Gasteiger partial charge in [-0.3, -0.25) is 0 Å². The maximum atomic E-state index is 5.63. The first-order valence-corrected chi connectivity index (χ1v) is 6.50. The minimum Gasteiger partial charge on any atom is -0.464 e. The summed E-state index contributed by atoms with van der Waals surface area (Å²) in [6.07, 6.45) is 2.43. The molecule has 19 heavy (non-hydrogen) atoms. The summed E-state index contributed by atoms with van der Waals surface area (Å²) in [5.74, 6) is 3.54. The standard InChI is InChI=1S/C14H20N4O/c1-5-11-13(15-4)16-8-17-14(11)18-10(3)12-7-6-9(2)19-12/h6-8,10H,5H2,1-4H3,(H2,15,16,17,18). The van der Waals surface area contributed by atoms with Crippen molar-refractivity contribution >= 4 is 11.6 Å². The van der Waals surface area contributed by atoms with Crippen LogP contribution in [0, 0.1) is 6.92 Å². The Labute approximate surface area is 113 Å². The predicted molar refractivity (Wildman–Crippen MR) is 76.4 cm³/mol. The Kier molecular flexibility index (Phi) is 4.04. The first kappa shape index (κ1) is 13.4. The molecule has 1 atom stereocenters. The minimum absolute atomic E-state index is 0.0682. The molecular weight excluding hydrogens is 240 g/mol. The number of nitrogens with zero attached hydrogens (tertiary/aromatic N) is 2. The van der Waals surface area contributed by atoms with Crippen LogP contribution in [0.3, 0.4) is 0 Å². The largest absolute Gasteiger partial charge is 0.464 e. The Bertz CT molecular complexity index is 550. The fourth-order valence-corrected chi connectivity index (χ4v) is 2.05. The van der Waals surface area contributed by atoms with Crippen LogP contribution in [-0.4, -0.2) is 17.0 Å². The normalized spacial score (nSPS) is 12.2. The number of nitrogens with one attached hydrogen (secondary N) is 2. The summed E-state index contributed by atoms with van der Waals surface area (Å²) in [5, 5.41) is 6.47. The second-order valence-corrected chi connectivity index (χ2v) is 4.47. The van der Waals surface area contributed by atoms with Gasteiger partial charge in [0.25, 0.3) is 0 Å². The van der Waals surface area contributed by atoms with Gasteiger partial charge in [0.2, 0.25) is 0 Å². The van der Waals surface area contributed by atoms with E-state index < -0.39 is 0 Å². The van der Waals surface area contributed by atoms with E-state index in [9.17, 15) is 0 Å². The molecule has 2 N–H and O–H groups in total. The van der Waals surface area contributed by atoms with Crippen molar-refractivity contribution in [2.75, 3.05) is 17.7 Å². The zero-order valence-electron chi connectivity index (χ0n) is 11.8. The molecule has 2 heterocycles. The average Bonchev–Trinajstić information content (AvgIpc) is 2.85. The predicted octanol–water partition coefficient (Wildman–Crippen LogP) is 3.16. The fourth-order valence-electron chi connectivity index (χ4n) is 2.05. The maximum Gasteiger partial charge on any atom is 0.135 e. The molecule has 0 amide bonds. The molecular formula is C14H20N4O. The Morgan fingerprint density at radius 2 is 2.00 bits per heavy atom. The highest BCUT2D eigenvalue weighted by Gasteiger charge is 2.14. The van der Waals surface area contributed by atoms with Crippen molar-refractivity contribution in [2.24, 2.45) is 0 Å². The van der Waals surface area contributed by atoms with Crippen LogP contribution in [0.5, 0.6) is 0 Å². The fraction of sp³-hybridized carbons (Fsp3) is 0.429. The molecule has 0 saturated carbocycles. The third kappa shape index (κ3) is 2.86. The number of anilines is 2. The van der Waals surface area contributed by atoms with E-state index in [-0.39, 0.29) is 6.04 Å². The van der Waals surface area contributed by atoms with Crippen LogP contribution < -0.4 is 10.6 Å². The van der Waals surface area contributed by atoms with Crippen molar-refractivity contribution in [3.8, 4) is 0 Å². The third-order valence-corrected chi connectivity index (χ3v) is 3.08. The van der Waals surface area contributed by atoms with Gasteiger partial charge in [-0.15, -0.1) is 0 Å². The quantitative estimate of drug-likeness (QED) is 0.864. The smallest absolute Gasteiger partial charge is 0.135 e. The molecule has 0 radical (unpaired) electrons. The van der Waals surface area contributed by atoms with Gasteiger partial charge < -0.3 is 15.1 Å². The second kappa shape index (κ2) is 5.73. The van der Waals surface area contributed by atoms with E-state index in [1.807, 2.05) is 26.1 Å². The molecule has 0 bridgehead atoms. The van der Waals surface area contributed by atoms with E-state index in [1.54, 1.807) is 6.33 Å². The van der Waals surface area contributed by atoms with Gasteiger partial charge in [-0.1, -0.05) is 6.92 Å². The molecule has 102 valence electrons. The molecule has 5 heteroatoms. The van der Waals surface area contributed by atoms with E-state index in [0.717, 1.165) is 35.1 Å². The maximum absolute atomic E-state index is 5.63. The lowest BCUT2D eigenvalue weighted by molar-refractivity contribution is 0.466. The highest BCUT2D eigenvalue weighted by Crippen LogP contribution is 2.25. The number of rotatable bonds is 5. The van der Waals surface area contributed by atoms with Gasteiger partial charge in [-0.25, -0.2) is 9.97 Å². The summed E-state index contributed by atoms with van der Waals surface area (Å²) in [6.45, 7) is 6.09. The van der Waals surface area contributed by atoms with Gasteiger partial charge >= 0.3 is 0 Å². The summed E-state index contributed by atoms with van der Waals surface area (Å²) in [4.78, 5) is 8.55. The summed E-state index contributed by atoms with van der Waals surface area (Å²) in [5.41, 5.74) is 1.08. The molecule has 0 aliphatic carbocycles. The number of aryl methyl sites for hydroxylation is 1. The van der Waals surface area contributed by atoms with Gasteiger partial charge in [-0.05, 0) is 32.4 Å². The van der Waals surface area contributed by atoms with Crippen molar-refractivity contribution in [1.82, 2.24) is 9.97 Å². The zero-order valence-corrected chi connectivity index (χ0v) is 11.8. The van der Waals surface area contributed by atoms with Crippen molar-refractivity contribution in [3.05, 3.63) is 35.5 Å². The van der Waals surface area contributed by atoms with Crippen molar-refractivity contribution in [3.63, 3.8) is 0 Å². The topological polar surface area (TPSA) is 63.0 Å².